The van der Waals surface area contributed by atoms with Gasteiger partial charge < -0.3 is 10.6 Å². The van der Waals surface area contributed by atoms with Gasteiger partial charge in [0.25, 0.3) is 0 Å². The van der Waals surface area contributed by atoms with Crippen molar-refractivity contribution in [2.24, 2.45) is 0 Å². The van der Waals surface area contributed by atoms with Crippen LogP contribution in [0.15, 0.2) is 0 Å². The van der Waals surface area contributed by atoms with E-state index in [2.05, 4.69) is 24.5 Å². The molecule has 0 aromatic rings. The number of carbonyl (C=O) groups is 2. The predicted molar refractivity (Wildman–Crippen MR) is 88.2 cm³/mol. The summed E-state index contributed by atoms with van der Waals surface area (Å²) in [6, 6.07) is 0. The van der Waals surface area contributed by atoms with Gasteiger partial charge in [0.2, 0.25) is 11.8 Å². The third kappa shape index (κ3) is 15.2. The van der Waals surface area contributed by atoms with E-state index in [9.17, 15) is 9.59 Å². The van der Waals surface area contributed by atoms with Crippen LogP contribution < -0.4 is 10.6 Å². The van der Waals surface area contributed by atoms with Crippen LogP contribution in [0.1, 0.15) is 84.5 Å². The molecule has 4 nitrogen and oxygen atoms in total. The largest absolute Gasteiger partial charge is 0.356 e. The van der Waals surface area contributed by atoms with Crippen molar-refractivity contribution in [3.8, 4) is 0 Å². The number of amides is 2. The lowest BCUT2D eigenvalue weighted by molar-refractivity contribution is -0.126. The lowest BCUT2D eigenvalue weighted by Crippen LogP contribution is -2.28. The molecule has 0 heterocycles. The highest BCUT2D eigenvalue weighted by Gasteiger charge is 2.05. The fourth-order valence-electron chi connectivity index (χ4n) is 2.14. The summed E-state index contributed by atoms with van der Waals surface area (Å²) in [5, 5.41) is 5.75. The first-order valence-electron chi connectivity index (χ1n) is 8.74. The lowest BCUT2D eigenvalue weighted by Gasteiger charge is -2.06. The maximum Gasteiger partial charge on any atom is 0.220 e. The number of nitrogens with one attached hydrogen (secondary N) is 2. The first-order valence-corrected chi connectivity index (χ1v) is 8.74. The molecule has 0 spiro atoms. The van der Waals surface area contributed by atoms with Gasteiger partial charge in [0.1, 0.15) is 0 Å². The Bertz CT molecular complexity index is 268. The highest BCUT2D eigenvalue weighted by Crippen LogP contribution is 2.01. The molecule has 0 saturated carbocycles. The Morgan fingerprint density at radius 3 is 1.43 bits per heavy atom. The number of hydrogen-bond donors (Lipinski definition) is 2. The van der Waals surface area contributed by atoms with Gasteiger partial charge in [-0.05, 0) is 12.8 Å². The van der Waals surface area contributed by atoms with E-state index in [1.807, 2.05) is 0 Å². The van der Waals surface area contributed by atoms with Gasteiger partial charge in [0, 0.05) is 25.9 Å². The highest BCUT2D eigenvalue weighted by molar-refractivity contribution is 5.83. The average molecular weight is 298 g/mol. The Labute approximate surface area is 130 Å². The van der Waals surface area contributed by atoms with E-state index < -0.39 is 0 Å². The topological polar surface area (TPSA) is 58.2 Å². The zero-order chi connectivity index (χ0) is 15.8. The van der Waals surface area contributed by atoms with E-state index in [-0.39, 0.29) is 11.8 Å². The van der Waals surface area contributed by atoms with Gasteiger partial charge in [-0.1, -0.05) is 58.8 Å². The first kappa shape index (κ1) is 19.9. The molecule has 2 amide bonds. The summed E-state index contributed by atoms with van der Waals surface area (Å²) in [6.07, 6.45) is 11.2. The van der Waals surface area contributed by atoms with Gasteiger partial charge in [0.05, 0.1) is 0 Å². The van der Waals surface area contributed by atoms with Crippen molar-refractivity contribution in [3.05, 3.63) is 0 Å². The second-order valence-corrected chi connectivity index (χ2v) is 5.67. The SMILES string of the molecule is CCCCCCCNC(=O)CCC(=O)NCCCCCC. The monoisotopic (exact) mass is 298 g/mol. The molecule has 0 unspecified atom stereocenters. The van der Waals surface area contributed by atoms with Crippen molar-refractivity contribution >= 4 is 11.8 Å². The standard InChI is InChI=1S/C17H34N2O2/c1-3-5-7-9-11-15-19-17(21)13-12-16(20)18-14-10-8-6-4-2/h3-15H2,1-2H3,(H,18,20)(H,19,21). The quantitative estimate of drug-likeness (QED) is 0.482. The number of unbranched alkanes of at least 4 members (excludes halogenated alkanes) is 7. The van der Waals surface area contributed by atoms with E-state index in [4.69, 9.17) is 0 Å². The Morgan fingerprint density at radius 2 is 1.00 bits per heavy atom. The average Bonchev–Trinajstić information content (AvgIpc) is 2.48. The fraction of sp³-hybridized carbons (Fsp3) is 0.882. The molecule has 0 aliphatic carbocycles. The minimum Gasteiger partial charge on any atom is -0.356 e. The van der Waals surface area contributed by atoms with E-state index in [0.717, 1.165) is 32.4 Å². The van der Waals surface area contributed by atoms with Crippen LogP contribution in [-0.2, 0) is 9.59 Å². The Hall–Kier alpha value is -1.06. The van der Waals surface area contributed by atoms with Crippen molar-refractivity contribution in [2.75, 3.05) is 13.1 Å². The second kappa shape index (κ2) is 15.3. The van der Waals surface area contributed by atoms with Crippen molar-refractivity contribution in [1.82, 2.24) is 10.6 Å². The van der Waals surface area contributed by atoms with E-state index in [1.165, 1.54) is 38.5 Å². The van der Waals surface area contributed by atoms with Crippen LogP contribution in [-0.4, -0.2) is 24.9 Å². The normalized spacial score (nSPS) is 10.4. The Morgan fingerprint density at radius 1 is 0.619 bits per heavy atom. The van der Waals surface area contributed by atoms with Crippen molar-refractivity contribution in [1.29, 1.82) is 0 Å². The second-order valence-electron chi connectivity index (χ2n) is 5.67. The summed E-state index contributed by atoms with van der Waals surface area (Å²) >= 11 is 0. The lowest BCUT2D eigenvalue weighted by atomic mass is 10.1. The van der Waals surface area contributed by atoms with Crippen molar-refractivity contribution < 1.29 is 9.59 Å². The van der Waals surface area contributed by atoms with E-state index >= 15 is 0 Å². The van der Waals surface area contributed by atoms with Gasteiger partial charge in [0.15, 0.2) is 0 Å². The zero-order valence-corrected chi connectivity index (χ0v) is 14.0. The van der Waals surface area contributed by atoms with Gasteiger partial charge in [-0.2, -0.15) is 0 Å². The third-order valence-corrected chi connectivity index (χ3v) is 3.53. The summed E-state index contributed by atoms with van der Waals surface area (Å²) in [4.78, 5) is 23.1. The van der Waals surface area contributed by atoms with E-state index in [0.29, 0.717) is 12.8 Å². The van der Waals surface area contributed by atoms with Crippen LogP contribution in [0.25, 0.3) is 0 Å². The summed E-state index contributed by atoms with van der Waals surface area (Å²) < 4.78 is 0. The first-order chi connectivity index (χ1) is 10.2. The molecule has 0 bridgehead atoms. The number of hydrogen-bond acceptors (Lipinski definition) is 2. The van der Waals surface area contributed by atoms with Gasteiger partial charge in [-0.25, -0.2) is 0 Å². The molecule has 0 aromatic heterocycles. The molecule has 0 saturated heterocycles. The van der Waals surface area contributed by atoms with E-state index in [1.54, 1.807) is 0 Å². The molecular formula is C17H34N2O2. The minimum absolute atomic E-state index is 0.00776. The summed E-state index contributed by atoms with van der Waals surface area (Å²) in [5.41, 5.74) is 0. The number of rotatable bonds is 14. The van der Waals surface area contributed by atoms with Crippen LogP contribution in [0.5, 0.6) is 0 Å². The Balaban J connectivity index is 3.36. The molecule has 0 fully saturated rings. The van der Waals surface area contributed by atoms with Crippen LogP contribution in [0, 0.1) is 0 Å². The van der Waals surface area contributed by atoms with Crippen molar-refractivity contribution in [2.45, 2.75) is 84.5 Å². The highest BCUT2D eigenvalue weighted by atomic mass is 16.2. The molecular weight excluding hydrogens is 264 g/mol. The van der Waals surface area contributed by atoms with Crippen LogP contribution in [0.2, 0.25) is 0 Å². The van der Waals surface area contributed by atoms with Gasteiger partial charge in [-0.15, -0.1) is 0 Å². The van der Waals surface area contributed by atoms with Gasteiger partial charge in [-0.3, -0.25) is 9.59 Å². The van der Waals surface area contributed by atoms with Crippen molar-refractivity contribution in [3.63, 3.8) is 0 Å². The molecule has 2 N–H and O–H groups in total. The molecule has 21 heavy (non-hydrogen) atoms. The zero-order valence-electron chi connectivity index (χ0n) is 14.0. The molecule has 4 heteroatoms. The predicted octanol–water partition coefficient (Wildman–Crippen LogP) is 3.55. The molecule has 0 aliphatic heterocycles. The molecule has 0 aromatic carbocycles. The Kier molecular flexibility index (Phi) is 14.6. The summed E-state index contributed by atoms with van der Waals surface area (Å²) in [7, 11) is 0. The smallest absolute Gasteiger partial charge is 0.220 e. The fourth-order valence-corrected chi connectivity index (χ4v) is 2.14. The van der Waals surface area contributed by atoms with Crippen LogP contribution in [0.3, 0.4) is 0 Å². The minimum atomic E-state index is -0.00963. The molecule has 0 aliphatic rings. The van der Waals surface area contributed by atoms with Gasteiger partial charge >= 0.3 is 0 Å². The third-order valence-electron chi connectivity index (χ3n) is 3.53. The number of carbonyl (C=O) groups excluding carboxylic acids is 2. The molecule has 0 radical (unpaired) electrons. The maximum atomic E-state index is 11.6. The summed E-state index contributed by atoms with van der Waals surface area (Å²) in [6.45, 7) is 5.83. The molecule has 0 rings (SSSR count). The molecule has 124 valence electrons. The summed E-state index contributed by atoms with van der Waals surface area (Å²) in [5.74, 6) is -0.0174. The van der Waals surface area contributed by atoms with Crippen LogP contribution >= 0.6 is 0 Å². The van der Waals surface area contributed by atoms with Crippen LogP contribution in [0.4, 0.5) is 0 Å². The molecule has 0 atom stereocenters. The maximum absolute atomic E-state index is 11.6.